The van der Waals surface area contributed by atoms with E-state index >= 15 is 0 Å². The average Bonchev–Trinajstić information content (AvgIpc) is 2.76. The van der Waals surface area contributed by atoms with E-state index < -0.39 is 0 Å². The molecular weight excluding hydrogens is 186 g/mol. The molecule has 1 saturated carbocycles. The third-order valence-electron chi connectivity index (χ3n) is 3.74. The number of hydrogen-bond donors (Lipinski definition) is 1. The summed E-state index contributed by atoms with van der Waals surface area (Å²) in [6.07, 6.45) is 3.76. The zero-order valence-corrected chi connectivity index (χ0v) is 11.0. The van der Waals surface area contributed by atoms with Gasteiger partial charge in [0.2, 0.25) is 0 Å². The second kappa shape index (κ2) is 4.84. The number of nitrogens with one attached hydrogen (secondary N) is 1. The summed E-state index contributed by atoms with van der Waals surface area (Å²) in [5.74, 6) is 0.860. The molecule has 1 N–H and O–H groups in total. The van der Waals surface area contributed by atoms with Gasteiger partial charge in [0.05, 0.1) is 5.60 Å². The van der Waals surface area contributed by atoms with E-state index in [2.05, 4.69) is 33.0 Å². The van der Waals surface area contributed by atoms with Crippen LogP contribution in [0.3, 0.4) is 0 Å². The van der Waals surface area contributed by atoms with Gasteiger partial charge in [-0.1, -0.05) is 13.8 Å². The van der Waals surface area contributed by atoms with Gasteiger partial charge in [0.25, 0.3) is 0 Å². The Bertz CT molecular complexity index is 203. The Kier molecular flexibility index (Phi) is 4.19. The zero-order chi connectivity index (χ0) is 11.5. The van der Waals surface area contributed by atoms with Gasteiger partial charge in [-0.15, -0.1) is 0 Å². The van der Waals surface area contributed by atoms with Crippen molar-refractivity contribution in [1.29, 1.82) is 0 Å². The summed E-state index contributed by atoms with van der Waals surface area (Å²) in [5, 5.41) is 3.52. The molecule has 0 spiro atoms. The summed E-state index contributed by atoms with van der Waals surface area (Å²) in [6, 6.07) is 0. The number of hydrogen-bond acceptors (Lipinski definition) is 2. The van der Waals surface area contributed by atoms with E-state index in [1.54, 1.807) is 0 Å². The maximum absolute atomic E-state index is 5.51. The lowest BCUT2D eigenvalue weighted by atomic mass is 9.90. The molecule has 1 fully saturated rings. The minimum absolute atomic E-state index is 0.0360. The van der Waals surface area contributed by atoms with E-state index in [-0.39, 0.29) is 5.60 Å². The maximum atomic E-state index is 5.51. The summed E-state index contributed by atoms with van der Waals surface area (Å²) in [5.41, 5.74) is 0.550. The van der Waals surface area contributed by atoms with Gasteiger partial charge in [-0.2, -0.15) is 0 Å². The molecule has 0 aliphatic heterocycles. The van der Waals surface area contributed by atoms with Gasteiger partial charge in [0, 0.05) is 7.11 Å². The summed E-state index contributed by atoms with van der Waals surface area (Å²) >= 11 is 0. The van der Waals surface area contributed by atoms with Gasteiger partial charge >= 0.3 is 0 Å². The van der Waals surface area contributed by atoms with Gasteiger partial charge in [0.1, 0.15) is 0 Å². The highest BCUT2D eigenvalue weighted by Crippen LogP contribution is 2.56. The highest BCUT2D eigenvalue weighted by Gasteiger charge is 2.51. The van der Waals surface area contributed by atoms with Crippen molar-refractivity contribution in [1.82, 2.24) is 5.32 Å². The van der Waals surface area contributed by atoms with E-state index in [1.807, 2.05) is 7.11 Å². The number of methoxy groups -OCH3 is 1. The fraction of sp³-hybridized carbons (Fsp3) is 1.00. The third-order valence-corrected chi connectivity index (χ3v) is 3.74. The van der Waals surface area contributed by atoms with Crippen LogP contribution in [0.4, 0.5) is 0 Å². The fourth-order valence-electron chi connectivity index (χ4n) is 2.54. The average molecular weight is 213 g/mol. The van der Waals surface area contributed by atoms with Crippen LogP contribution in [0.2, 0.25) is 0 Å². The van der Waals surface area contributed by atoms with Crippen molar-refractivity contribution in [3.63, 3.8) is 0 Å². The SMILES string of the molecule is CCCNCC1CC1(C)CC(C)(C)OC. The fourth-order valence-corrected chi connectivity index (χ4v) is 2.54. The monoisotopic (exact) mass is 213 g/mol. The van der Waals surface area contributed by atoms with Crippen molar-refractivity contribution in [2.75, 3.05) is 20.2 Å². The first-order valence-electron chi connectivity index (χ1n) is 6.19. The van der Waals surface area contributed by atoms with Crippen molar-refractivity contribution in [3.8, 4) is 0 Å². The molecule has 2 nitrogen and oxygen atoms in total. The van der Waals surface area contributed by atoms with Crippen LogP contribution in [0.15, 0.2) is 0 Å². The molecule has 1 rings (SSSR count). The Morgan fingerprint density at radius 1 is 1.47 bits per heavy atom. The first-order valence-corrected chi connectivity index (χ1v) is 6.19. The first-order chi connectivity index (χ1) is 6.93. The normalized spacial score (nSPS) is 30.6. The van der Waals surface area contributed by atoms with E-state index in [1.165, 1.54) is 25.8 Å². The Balaban J connectivity index is 2.26. The minimum atomic E-state index is 0.0360. The number of ether oxygens (including phenoxy) is 1. The summed E-state index contributed by atoms with van der Waals surface area (Å²) in [4.78, 5) is 0. The van der Waals surface area contributed by atoms with E-state index in [4.69, 9.17) is 4.74 Å². The lowest BCUT2D eigenvalue weighted by molar-refractivity contribution is -0.00169. The van der Waals surface area contributed by atoms with Gasteiger partial charge in [-0.3, -0.25) is 0 Å². The molecule has 0 bridgehead atoms. The molecule has 0 aromatic heterocycles. The standard InChI is InChI=1S/C13H27NO/c1-6-7-14-9-11-8-13(11,4)10-12(2,3)15-5/h11,14H,6-10H2,1-5H3. The largest absolute Gasteiger partial charge is 0.379 e. The smallest absolute Gasteiger partial charge is 0.0628 e. The maximum Gasteiger partial charge on any atom is 0.0628 e. The van der Waals surface area contributed by atoms with Crippen LogP contribution in [-0.2, 0) is 4.74 Å². The van der Waals surface area contributed by atoms with Crippen LogP contribution >= 0.6 is 0 Å². The topological polar surface area (TPSA) is 21.3 Å². The van der Waals surface area contributed by atoms with Gasteiger partial charge in [0.15, 0.2) is 0 Å². The van der Waals surface area contributed by atoms with Crippen molar-refractivity contribution in [2.24, 2.45) is 11.3 Å². The molecule has 90 valence electrons. The molecule has 0 saturated heterocycles. The summed E-state index contributed by atoms with van der Waals surface area (Å²) in [6.45, 7) is 11.3. The van der Waals surface area contributed by atoms with E-state index in [0.717, 1.165) is 12.5 Å². The molecule has 2 unspecified atom stereocenters. The van der Waals surface area contributed by atoms with Crippen molar-refractivity contribution in [3.05, 3.63) is 0 Å². The molecule has 0 amide bonds. The number of rotatable bonds is 7. The Morgan fingerprint density at radius 2 is 2.13 bits per heavy atom. The van der Waals surface area contributed by atoms with Gasteiger partial charge in [-0.25, -0.2) is 0 Å². The quantitative estimate of drug-likeness (QED) is 0.657. The highest BCUT2D eigenvalue weighted by atomic mass is 16.5. The molecule has 2 atom stereocenters. The van der Waals surface area contributed by atoms with Crippen LogP contribution in [0.5, 0.6) is 0 Å². The van der Waals surface area contributed by atoms with Gasteiger partial charge in [-0.05, 0) is 57.5 Å². The summed E-state index contributed by atoms with van der Waals surface area (Å²) in [7, 11) is 1.82. The molecule has 0 aromatic carbocycles. The predicted molar refractivity (Wildman–Crippen MR) is 65.1 cm³/mol. The van der Waals surface area contributed by atoms with Gasteiger partial charge < -0.3 is 10.1 Å². The van der Waals surface area contributed by atoms with Crippen LogP contribution in [-0.4, -0.2) is 25.8 Å². The molecule has 0 aromatic rings. The Labute approximate surface area is 94.8 Å². The highest BCUT2D eigenvalue weighted by molar-refractivity contribution is 5.02. The van der Waals surface area contributed by atoms with Crippen molar-refractivity contribution in [2.45, 2.75) is 52.6 Å². The summed E-state index contributed by atoms with van der Waals surface area (Å²) < 4.78 is 5.51. The second-order valence-electron chi connectivity index (χ2n) is 5.90. The Hall–Kier alpha value is -0.0800. The van der Waals surface area contributed by atoms with E-state index in [0.29, 0.717) is 5.41 Å². The minimum Gasteiger partial charge on any atom is -0.379 e. The van der Waals surface area contributed by atoms with Crippen LogP contribution < -0.4 is 5.32 Å². The molecule has 2 heteroatoms. The third kappa shape index (κ3) is 3.76. The predicted octanol–water partition coefficient (Wildman–Crippen LogP) is 2.83. The first kappa shape index (κ1) is 13.0. The lowest BCUT2D eigenvalue weighted by Gasteiger charge is -2.27. The van der Waals surface area contributed by atoms with Crippen molar-refractivity contribution < 1.29 is 4.74 Å². The molecule has 0 heterocycles. The lowest BCUT2D eigenvalue weighted by Crippen LogP contribution is -2.28. The zero-order valence-electron chi connectivity index (χ0n) is 11.0. The van der Waals surface area contributed by atoms with Crippen molar-refractivity contribution >= 4 is 0 Å². The molecule has 1 aliphatic carbocycles. The molecular formula is C13H27NO. The molecule has 15 heavy (non-hydrogen) atoms. The molecule has 1 aliphatic rings. The molecule has 0 radical (unpaired) electrons. The van der Waals surface area contributed by atoms with E-state index in [9.17, 15) is 0 Å². The Morgan fingerprint density at radius 3 is 2.67 bits per heavy atom. The van der Waals surface area contributed by atoms with Crippen LogP contribution in [0, 0.1) is 11.3 Å². The van der Waals surface area contributed by atoms with Crippen LogP contribution in [0.25, 0.3) is 0 Å². The second-order valence-corrected chi connectivity index (χ2v) is 5.90. The van der Waals surface area contributed by atoms with Crippen LogP contribution in [0.1, 0.15) is 47.0 Å².